The molecule has 5 nitrogen and oxygen atoms in total. The number of carbonyl (C=O) groups excluding carboxylic acids is 2. The summed E-state index contributed by atoms with van der Waals surface area (Å²) in [5.41, 5.74) is -0.158. The lowest BCUT2D eigenvalue weighted by atomic mass is 9.89. The van der Waals surface area contributed by atoms with Gasteiger partial charge in [-0.05, 0) is 39.5 Å². The van der Waals surface area contributed by atoms with Gasteiger partial charge in [0, 0.05) is 31.5 Å². The van der Waals surface area contributed by atoms with Crippen LogP contribution >= 0.6 is 0 Å². The summed E-state index contributed by atoms with van der Waals surface area (Å²) in [5.74, 6) is 0.168. The molecule has 116 valence electrons. The number of hydrogen-bond acceptors (Lipinski definition) is 3. The molecule has 0 bridgehead atoms. The maximum Gasteiger partial charge on any atom is 0.220 e. The minimum atomic E-state index is -0.158. The smallest absolute Gasteiger partial charge is 0.220 e. The molecule has 0 spiro atoms. The third kappa shape index (κ3) is 5.90. The molecule has 0 aromatic rings. The number of nitrogens with one attached hydrogen (secondary N) is 2. The van der Waals surface area contributed by atoms with E-state index < -0.39 is 0 Å². The van der Waals surface area contributed by atoms with Crippen molar-refractivity contribution >= 4 is 11.8 Å². The zero-order valence-electron chi connectivity index (χ0n) is 13.0. The molecule has 2 N–H and O–H groups in total. The van der Waals surface area contributed by atoms with E-state index in [2.05, 4.69) is 17.6 Å². The first-order valence-corrected chi connectivity index (χ1v) is 7.67. The third-order valence-electron chi connectivity index (χ3n) is 3.84. The highest BCUT2D eigenvalue weighted by Crippen LogP contribution is 2.28. The average molecular weight is 284 g/mol. The SMILES string of the molecule is CCC1(CCC(=O)NCCCOC(C)C)CCC(=O)N1. The number of amides is 2. The van der Waals surface area contributed by atoms with Gasteiger partial charge in [0.25, 0.3) is 0 Å². The maximum atomic E-state index is 11.8. The molecule has 1 fully saturated rings. The Labute approximate surface area is 121 Å². The third-order valence-corrected chi connectivity index (χ3v) is 3.84. The van der Waals surface area contributed by atoms with Gasteiger partial charge >= 0.3 is 0 Å². The zero-order valence-corrected chi connectivity index (χ0v) is 13.0. The van der Waals surface area contributed by atoms with E-state index >= 15 is 0 Å². The second kappa shape index (κ2) is 8.25. The second-order valence-corrected chi connectivity index (χ2v) is 5.81. The van der Waals surface area contributed by atoms with Crippen LogP contribution in [0.3, 0.4) is 0 Å². The molecule has 20 heavy (non-hydrogen) atoms. The van der Waals surface area contributed by atoms with E-state index in [0.717, 1.165) is 25.7 Å². The van der Waals surface area contributed by atoms with Gasteiger partial charge < -0.3 is 15.4 Å². The van der Waals surface area contributed by atoms with Crippen molar-refractivity contribution in [2.45, 2.75) is 70.9 Å². The van der Waals surface area contributed by atoms with Crippen LogP contribution in [0.1, 0.15) is 59.3 Å². The molecule has 1 atom stereocenters. The fraction of sp³-hybridized carbons (Fsp3) is 0.867. The predicted octanol–water partition coefficient (Wildman–Crippen LogP) is 1.76. The van der Waals surface area contributed by atoms with Gasteiger partial charge in [0.05, 0.1) is 6.10 Å². The Hall–Kier alpha value is -1.10. The highest BCUT2D eigenvalue weighted by Gasteiger charge is 2.35. The molecule has 1 aliphatic rings. The van der Waals surface area contributed by atoms with Crippen LogP contribution < -0.4 is 10.6 Å². The molecular formula is C15H28N2O3. The van der Waals surface area contributed by atoms with Crippen molar-refractivity contribution in [3.8, 4) is 0 Å². The number of rotatable bonds is 9. The Morgan fingerprint density at radius 3 is 2.80 bits per heavy atom. The Kier molecular flexibility index (Phi) is 6.99. The predicted molar refractivity (Wildman–Crippen MR) is 78.3 cm³/mol. The van der Waals surface area contributed by atoms with Crippen molar-refractivity contribution in [3.05, 3.63) is 0 Å². The Morgan fingerprint density at radius 2 is 2.25 bits per heavy atom. The van der Waals surface area contributed by atoms with Crippen LogP contribution in [-0.4, -0.2) is 36.6 Å². The van der Waals surface area contributed by atoms with E-state index in [4.69, 9.17) is 4.74 Å². The summed E-state index contributed by atoms with van der Waals surface area (Å²) in [7, 11) is 0. The van der Waals surface area contributed by atoms with E-state index in [1.807, 2.05) is 13.8 Å². The average Bonchev–Trinajstić information content (AvgIpc) is 2.78. The minimum absolute atomic E-state index is 0.0588. The first kappa shape index (κ1) is 17.0. The molecular weight excluding hydrogens is 256 g/mol. The van der Waals surface area contributed by atoms with Crippen LogP contribution in [0, 0.1) is 0 Å². The Bertz CT molecular complexity index is 331. The van der Waals surface area contributed by atoms with Gasteiger partial charge in [-0.2, -0.15) is 0 Å². The molecule has 0 saturated carbocycles. The first-order chi connectivity index (χ1) is 9.47. The van der Waals surface area contributed by atoms with E-state index in [1.165, 1.54) is 0 Å². The molecule has 2 amide bonds. The zero-order chi connectivity index (χ0) is 15.0. The van der Waals surface area contributed by atoms with Gasteiger partial charge in [0.1, 0.15) is 0 Å². The summed E-state index contributed by atoms with van der Waals surface area (Å²) < 4.78 is 5.41. The van der Waals surface area contributed by atoms with Crippen LogP contribution in [-0.2, 0) is 14.3 Å². The molecule has 1 rings (SSSR count). The van der Waals surface area contributed by atoms with Crippen molar-refractivity contribution in [2.24, 2.45) is 0 Å². The van der Waals surface area contributed by atoms with Crippen LogP contribution in [0.4, 0.5) is 0 Å². The van der Waals surface area contributed by atoms with Crippen LogP contribution in [0.2, 0.25) is 0 Å². The lowest BCUT2D eigenvalue weighted by Gasteiger charge is -2.27. The highest BCUT2D eigenvalue weighted by molar-refractivity contribution is 5.80. The lowest BCUT2D eigenvalue weighted by molar-refractivity contribution is -0.122. The van der Waals surface area contributed by atoms with Gasteiger partial charge in [-0.25, -0.2) is 0 Å². The van der Waals surface area contributed by atoms with E-state index in [1.54, 1.807) is 0 Å². The van der Waals surface area contributed by atoms with E-state index in [9.17, 15) is 9.59 Å². The molecule has 0 aromatic heterocycles. The summed E-state index contributed by atoms with van der Waals surface area (Å²) in [6.07, 6.45) is 4.58. The number of hydrogen-bond donors (Lipinski definition) is 2. The number of carbonyl (C=O) groups is 2. The fourth-order valence-corrected chi connectivity index (χ4v) is 2.46. The molecule has 1 saturated heterocycles. The Balaban J connectivity index is 2.14. The normalized spacial score (nSPS) is 22.1. The number of ether oxygens (including phenoxy) is 1. The van der Waals surface area contributed by atoms with Crippen molar-refractivity contribution in [3.63, 3.8) is 0 Å². The largest absolute Gasteiger partial charge is 0.379 e. The summed E-state index contributed by atoms with van der Waals surface area (Å²) in [6, 6.07) is 0. The molecule has 0 aromatic carbocycles. The quantitative estimate of drug-likeness (QED) is 0.634. The summed E-state index contributed by atoms with van der Waals surface area (Å²) >= 11 is 0. The van der Waals surface area contributed by atoms with Crippen LogP contribution in [0.5, 0.6) is 0 Å². The van der Waals surface area contributed by atoms with Gasteiger partial charge in [-0.15, -0.1) is 0 Å². The van der Waals surface area contributed by atoms with E-state index in [-0.39, 0.29) is 23.5 Å². The summed E-state index contributed by atoms with van der Waals surface area (Å²) in [6.45, 7) is 7.38. The van der Waals surface area contributed by atoms with Crippen molar-refractivity contribution in [1.82, 2.24) is 10.6 Å². The van der Waals surface area contributed by atoms with E-state index in [0.29, 0.717) is 26.0 Å². The van der Waals surface area contributed by atoms with Gasteiger partial charge in [0.2, 0.25) is 11.8 Å². The molecule has 5 heteroatoms. The summed E-state index contributed by atoms with van der Waals surface area (Å²) in [5, 5.41) is 5.92. The van der Waals surface area contributed by atoms with Crippen molar-refractivity contribution in [1.29, 1.82) is 0 Å². The topological polar surface area (TPSA) is 67.4 Å². The second-order valence-electron chi connectivity index (χ2n) is 5.81. The lowest BCUT2D eigenvalue weighted by Crippen LogP contribution is -2.42. The van der Waals surface area contributed by atoms with Crippen LogP contribution in [0.15, 0.2) is 0 Å². The maximum absolute atomic E-state index is 11.8. The van der Waals surface area contributed by atoms with Gasteiger partial charge in [-0.3, -0.25) is 9.59 Å². The minimum Gasteiger partial charge on any atom is -0.379 e. The monoisotopic (exact) mass is 284 g/mol. The van der Waals surface area contributed by atoms with Gasteiger partial charge in [-0.1, -0.05) is 6.92 Å². The molecule has 1 unspecified atom stereocenters. The van der Waals surface area contributed by atoms with Crippen molar-refractivity contribution < 1.29 is 14.3 Å². The molecule has 0 aliphatic carbocycles. The van der Waals surface area contributed by atoms with Gasteiger partial charge in [0.15, 0.2) is 0 Å². The molecule has 1 aliphatic heterocycles. The standard InChI is InChI=1S/C15H28N2O3/c1-4-15(9-7-14(19)17-15)8-6-13(18)16-10-5-11-20-12(2)3/h12H,4-11H2,1-3H3,(H,16,18)(H,17,19). The van der Waals surface area contributed by atoms with Crippen molar-refractivity contribution in [2.75, 3.05) is 13.2 Å². The molecule has 0 radical (unpaired) electrons. The molecule has 1 heterocycles. The van der Waals surface area contributed by atoms with Crippen LogP contribution in [0.25, 0.3) is 0 Å². The highest BCUT2D eigenvalue weighted by atomic mass is 16.5. The first-order valence-electron chi connectivity index (χ1n) is 7.67. The fourth-order valence-electron chi connectivity index (χ4n) is 2.46. The Morgan fingerprint density at radius 1 is 1.50 bits per heavy atom. The summed E-state index contributed by atoms with van der Waals surface area (Å²) in [4.78, 5) is 23.1.